The predicted octanol–water partition coefficient (Wildman–Crippen LogP) is 4.52. The quantitative estimate of drug-likeness (QED) is 0.602. The molecular formula is C17H15N. The van der Waals surface area contributed by atoms with E-state index in [-0.39, 0.29) is 0 Å². The number of hydrogen-bond acceptors (Lipinski definition) is 1. The molecule has 1 heteroatoms. The Labute approximate surface area is 107 Å². The SMILES string of the molecule is Cc1nc2ccccc2c(-c2ccccc2)c1C. The van der Waals surface area contributed by atoms with Crippen LogP contribution in [0.5, 0.6) is 0 Å². The van der Waals surface area contributed by atoms with Crippen molar-refractivity contribution < 1.29 is 0 Å². The van der Waals surface area contributed by atoms with E-state index < -0.39 is 0 Å². The van der Waals surface area contributed by atoms with E-state index in [9.17, 15) is 0 Å². The summed E-state index contributed by atoms with van der Waals surface area (Å²) in [6.45, 7) is 4.23. The molecular weight excluding hydrogens is 218 g/mol. The van der Waals surface area contributed by atoms with Crippen LogP contribution in [0.2, 0.25) is 0 Å². The molecule has 0 saturated carbocycles. The fourth-order valence-electron chi connectivity index (χ4n) is 2.41. The smallest absolute Gasteiger partial charge is 0.0711 e. The van der Waals surface area contributed by atoms with Crippen molar-refractivity contribution in [3.63, 3.8) is 0 Å². The summed E-state index contributed by atoms with van der Waals surface area (Å²) < 4.78 is 0. The molecule has 0 saturated heterocycles. The van der Waals surface area contributed by atoms with Crippen molar-refractivity contribution >= 4 is 10.9 Å². The highest BCUT2D eigenvalue weighted by Gasteiger charge is 2.10. The van der Waals surface area contributed by atoms with Crippen molar-refractivity contribution in [2.45, 2.75) is 13.8 Å². The topological polar surface area (TPSA) is 12.9 Å². The number of nitrogens with zero attached hydrogens (tertiary/aromatic N) is 1. The molecule has 0 amide bonds. The maximum Gasteiger partial charge on any atom is 0.0711 e. The lowest BCUT2D eigenvalue weighted by molar-refractivity contribution is 1.20. The number of benzene rings is 2. The molecule has 88 valence electrons. The van der Waals surface area contributed by atoms with Gasteiger partial charge in [0.05, 0.1) is 5.52 Å². The fraction of sp³-hybridized carbons (Fsp3) is 0.118. The molecule has 0 N–H and O–H groups in total. The fourth-order valence-corrected chi connectivity index (χ4v) is 2.41. The lowest BCUT2D eigenvalue weighted by Crippen LogP contribution is -1.94. The minimum Gasteiger partial charge on any atom is -0.253 e. The Kier molecular flexibility index (Phi) is 2.60. The summed E-state index contributed by atoms with van der Waals surface area (Å²) in [5.74, 6) is 0. The van der Waals surface area contributed by atoms with Gasteiger partial charge < -0.3 is 0 Å². The van der Waals surface area contributed by atoms with Crippen LogP contribution in [0.4, 0.5) is 0 Å². The van der Waals surface area contributed by atoms with E-state index in [1.54, 1.807) is 0 Å². The van der Waals surface area contributed by atoms with Crippen LogP contribution in [-0.4, -0.2) is 4.98 Å². The summed E-state index contributed by atoms with van der Waals surface area (Å²) >= 11 is 0. The van der Waals surface area contributed by atoms with Gasteiger partial charge in [0.1, 0.15) is 0 Å². The molecule has 0 aliphatic rings. The minimum atomic E-state index is 1.07. The first kappa shape index (κ1) is 11.0. The Hall–Kier alpha value is -2.15. The molecule has 0 aliphatic heterocycles. The van der Waals surface area contributed by atoms with Crippen molar-refractivity contribution in [2.24, 2.45) is 0 Å². The summed E-state index contributed by atoms with van der Waals surface area (Å²) in [5.41, 5.74) is 6.00. The van der Waals surface area contributed by atoms with Crippen molar-refractivity contribution in [3.8, 4) is 11.1 Å². The van der Waals surface area contributed by atoms with Crippen LogP contribution in [0.1, 0.15) is 11.3 Å². The summed E-state index contributed by atoms with van der Waals surface area (Å²) in [6, 6.07) is 18.9. The summed E-state index contributed by atoms with van der Waals surface area (Å²) in [4.78, 5) is 4.66. The molecule has 0 atom stereocenters. The van der Waals surface area contributed by atoms with Gasteiger partial charge in [0.25, 0.3) is 0 Å². The molecule has 0 unspecified atom stereocenters. The lowest BCUT2D eigenvalue weighted by atomic mass is 9.95. The largest absolute Gasteiger partial charge is 0.253 e. The van der Waals surface area contributed by atoms with Crippen LogP contribution in [0.15, 0.2) is 54.6 Å². The van der Waals surface area contributed by atoms with Crippen molar-refractivity contribution in [2.75, 3.05) is 0 Å². The van der Waals surface area contributed by atoms with Crippen molar-refractivity contribution in [1.82, 2.24) is 4.98 Å². The van der Waals surface area contributed by atoms with Gasteiger partial charge in [0.15, 0.2) is 0 Å². The molecule has 3 aromatic rings. The number of hydrogen-bond donors (Lipinski definition) is 0. The van der Waals surface area contributed by atoms with E-state index in [0.717, 1.165) is 11.2 Å². The molecule has 1 aromatic heterocycles. The predicted molar refractivity (Wildman–Crippen MR) is 76.7 cm³/mol. The van der Waals surface area contributed by atoms with Gasteiger partial charge in [-0.05, 0) is 36.6 Å². The summed E-state index contributed by atoms with van der Waals surface area (Å²) in [6.07, 6.45) is 0. The third-order valence-corrected chi connectivity index (χ3v) is 3.44. The average molecular weight is 233 g/mol. The van der Waals surface area contributed by atoms with Crippen LogP contribution >= 0.6 is 0 Å². The molecule has 0 spiro atoms. The maximum absolute atomic E-state index is 4.66. The standard InChI is InChI=1S/C17H15N/c1-12-13(2)18-16-11-7-6-10-15(16)17(12)14-8-4-3-5-9-14/h3-11H,1-2H3. The number of aryl methyl sites for hydroxylation is 1. The number of rotatable bonds is 1. The summed E-state index contributed by atoms with van der Waals surface area (Å²) in [7, 11) is 0. The molecule has 3 rings (SSSR count). The van der Waals surface area contributed by atoms with E-state index in [1.165, 1.54) is 22.1 Å². The van der Waals surface area contributed by atoms with Gasteiger partial charge in [-0.3, -0.25) is 4.98 Å². The van der Waals surface area contributed by atoms with E-state index in [1.807, 2.05) is 6.07 Å². The molecule has 18 heavy (non-hydrogen) atoms. The van der Waals surface area contributed by atoms with Crippen molar-refractivity contribution in [1.29, 1.82) is 0 Å². The Morgan fingerprint density at radius 1 is 0.778 bits per heavy atom. The van der Waals surface area contributed by atoms with Crippen LogP contribution in [0, 0.1) is 13.8 Å². The van der Waals surface area contributed by atoms with Gasteiger partial charge in [-0.25, -0.2) is 0 Å². The van der Waals surface area contributed by atoms with Gasteiger partial charge >= 0.3 is 0 Å². The number of pyridine rings is 1. The van der Waals surface area contributed by atoms with Crippen LogP contribution in [0.3, 0.4) is 0 Å². The molecule has 0 radical (unpaired) electrons. The van der Waals surface area contributed by atoms with Gasteiger partial charge in [-0.2, -0.15) is 0 Å². The lowest BCUT2D eigenvalue weighted by Gasteiger charge is -2.12. The van der Waals surface area contributed by atoms with E-state index >= 15 is 0 Å². The second-order valence-electron chi connectivity index (χ2n) is 4.58. The van der Waals surface area contributed by atoms with Gasteiger partial charge in [-0.15, -0.1) is 0 Å². The van der Waals surface area contributed by atoms with Crippen LogP contribution < -0.4 is 0 Å². The second-order valence-corrected chi connectivity index (χ2v) is 4.58. The Morgan fingerprint density at radius 2 is 1.44 bits per heavy atom. The van der Waals surface area contributed by atoms with Crippen LogP contribution in [-0.2, 0) is 0 Å². The molecule has 1 heterocycles. The zero-order valence-corrected chi connectivity index (χ0v) is 10.6. The number of aromatic nitrogens is 1. The molecule has 2 aromatic carbocycles. The molecule has 0 bridgehead atoms. The van der Waals surface area contributed by atoms with Gasteiger partial charge in [-0.1, -0.05) is 48.5 Å². The molecule has 0 fully saturated rings. The Balaban J connectivity index is 2.43. The normalized spacial score (nSPS) is 10.8. The van der Waals surface area contributed by atoms with E-state index in [0.29, 0.717) is 0 Å². The van der Waals surface area contributed by atoms with Crippen molar-refractivity contribution in [3.05, 3.63) is 65.9 Å². The van der Waals surface area contributed by atoms with Gasteiger partial charge in [0, 0.05) is 11.1 Å². The van der Waals surface area contributed by atoms with Gasteiger partial charge in [0.2, 0.25) is 0 Å². The highest BCUT2D eigenvalue weighted by atomic mass is 14.7. The summed E-state index contributed by atoms with van der Waals surface area (Å²) in [5, 5.41) is 1.23. The third-order valence-electron chi connectivity index (χ3n) is 3.44. The highest BCUT2D eigenvalue weighted by molar-refractivity contribution is 5.96. The zero-order valence-electron chi connectivity index (χ0n) is 10.6. The first-order valence-corrected chi connectivity index (χ1v) is 6.19. The monoisotopic (exact) mass is 233 g/mol. The van der Waals surface area contributed by atoms with Crippen LogP contribution in [0.25, 0.3) is 22.0 Å². The number of para-hydroxylation sites is 1. The van der Waals surface area contributed by atoms with E-state index in [2.05, 4.69) is 67.4 Å². The molecule has 1 nitrogen and oxygen atoms in total. The number of fused-ring (bicyclic) bond motifs is 1. The first-order valence-electron chi connectivity index (χ1n) is 6.19. The Morgan fingerprint density at radius 3 is 2.22 bits per heavy atom. The zero-order chi connectivity index (χ0) is 12.5. The second kappa shape index (κ2) is 4.26. The average Bonchev–Trinajstić information content (AvgIpc) is 2.41. The van der Waals surface area contributed by atoms with E-state index in [4.69, 9.17) is 0 Å². The Bertz CT molecular complexity index is 699. The molecule has 0 aliphatic carbocycles. The minimum absolute atomic E-state index is 1.07. The maximum atomic E-state index is 4.66. The third kappa shape index (κ3) is 1.68. The first-order chi connectivity index (χ1) is 8.77. The highest BCUT2D eigenvalue weighted by Crippen LogP contribution is 2.31.